The Balaban J connectivity index is 1.39. The number of piperidine rings is 1. The second kappa shape index (κ2) is 11.3. The number of hydrogen-bond acceptors (Lipinski definition) is 4. The van der Waals surface area contributed by atoms with Crippen LogP contribution in [-0.4, -0.2) is 49.5 Å². The van der Waals surface area contributed by atoms with Crippen LogP contribution in [0.1, 0.15) is 37.3 Å². The van der Waals surface area contributed by atoms with Gasteiger partial charge in [0, 0.05) is 31.6 Å². The Hall–Kier alpha value is -2.56. The Labute approximate surface area is 191 Å². The normalized spacial score (nSPS) is 15.2. The van der Waals surface area contributed by atoms with E-state index in [1.54, 1.807) is 0 Å². The number of fused-ring (bicyclic) bond motifs is 1. The lowest BCUT2D eigenvalue weighted by atomic mass is 9.97. The van der Waals surface area contributed by atoms with Gasteiger partial charge in [-0.2, -0.15) is 0 Å². The Kier molecular flexibility index (Phi) is 8.02. The van der Waals surface area contributed by atoms with E-state index in [4.69, 9.17) is 14.6 Å². The summed E-state index contributed by atoms with van der Waals surface area (Å²) >= 11 is 0. The topological polar surface area (TPSA) is 41.9 Å². The number of likely N-dealkylation sites (tertiary alicyclic amines) is 1. The van der Waals surface area contributed by atoms with Gasteiger partial charge in [-0.25, -0.2) is 0 Å². The minimum absolute atomic E-state index is 0.140. The SMILES string of the molecule is CC1CCN(CCOc2ccc(Cc3c(OCCCO)ccc4ccccc34)cc2)CC1. The molecule has 0 radical (unpaired) electrons. The molecule has 0 saturated carbocycles. The molecular weight excluding hydrogens is 398 g/mol. The summed E-state index contributed by atoms with van der Waals surface area (Å²) in [6, 6.07) is 21.0. The van der Waals surface area contributed by atoms with Crippen molar-refractivity contribution in [2.24, 2.45) is 5.92 Å². The van der Waals surface area contributed by atoms with Gasteiger partial charge in [-0.15, -0.1) is 0 Å². The number of aliphatic hydroxyl groups excluding tert-OH is 1. The summed E-state index contributed by atoms with van der Waals surface area (Å²) in [4.78, 5) is 2.51. The van der Waals surface area contributed by atoms with Crippen molar-refractivity contribution in [2.45, 2.75) is 32.6 Å². The molecule has 0 aromatic heterocycles. The summed E-state index contributed by atoms with van der Waals surface area (Å²) in [6.07, 6.45) is 4.03. The number of benzene rings is 3. The van der Waals surface area contributed by atoms with E-state index in [0.29, 0.717) is 13.0 Å². The van der Waals surface area contributed by atoms with Crippen LogP contribution in [0, 0.1) is 5.92 Å². The Bertz CT molecular complexity index is 978. The number of nitrogens with zero attached hydrogens (tertiary/aromatic N) is 1. The largest absolute Gasteiger partial charge is 0.493 e. The molecule has 0 bridgehead atoms. The van der Waals surface area contributed by atoms with Crippen molar-refractivity contribution < 1.29 is 14.6 Å². The van der Waals surface area contributed by atoms with Crippen molar-refractivity contribution in [3.63, 3.8) is 0 Å². The zero-order valence-corrected chi connectivity index (χ0v) is 19.1. The Morgan fingerprint density at radius 2 is 1.69 bits per heavy atom. The Morgan fingerprint density at radius 3 is 2.47 bits per heavy atom. The summed E-state index contributed by atoms with van der Waals surface area (Å²) in [7, 11) is 0. The molecular formula is C28H35NO3. The highest BCUT2D eigenvalue weighted by atomic mass is 16.5. The lowest BCUT2D eigenvalue weighted by Gasteiger charge is -2.29. The number of rotatable bonds is 10. The summed E-state index contributed by atoms with van der Waals surface area (Å²) in [6.45, 7) is 7.12. The first kappa shape index (κ1) is 22.6. The lowest BCUT2D eigenvalue weighted by Crippen LogP contribution is -2.35. The summed E-state index contributed by atoms with van der Waals surface area (Å²) in [5.74, 6) is 2.69. The van der Waals surface area contributed by atoms with Crippen LogP contribution in [0.5, 0.6) is 11.5 Å². The minimum Gasteiger partial charge on any atom is -0.493 e. The maximum Gasteiger partial charge on any atom is 0.123 e. The van der Waals surface area contributed by atoms with E-state index in [0.717, 1.165) is 37.0 Å². The monoisotopic (exact) mass is 433 g/mol. The van der Waals surface area contributed by atoms with Gasteiger partial charge in [-0.3, -0.25) is 4.90 Å². The van der Waals surface area contributed by atoms with Crippen LogP contribution in [0.3, 0.4) is 0 Å². The molecule has 3 aromatic rings. The van der Waals surface area contributed by atoms with Crippen LogP contribution in [0.2, 0.25) is 0 Å². The third-order valence-electron chi connectivity index (χ3n) is 6.41. The molecule has 1 N–H and O–H groups in total. The zero-order valence-electron chi connectivity index (χ0n) is 19.1. The molecule has 1 heterocycles. The first-order chi connectivity index (χ1) is 15.7. The molecule has 1 aliphatic rings. The van der Waals surface area contributed by atoms with E-state index in [1.165, 1.54) is 47.8 Å². The van der Waals surface area contributed by atoms with Crippen molar-refractivity contribution in [1.29, 1.82) is 0 Å². The van der Waals surface area contributed by atoms with Crippen LogP contribution in [-0.2, 0) is 6.42 Å². The van der Waals surface area contributed by atoms with Gasteiger partial charge < -0.3 is 14.6 Å². The highest BCUT2D eigenvalue weighted by Gasteiger charge is 2.15. The molecule has 4 rings (SSSR count). The standard InChI is InChI=1S/C28H35NO3/c1-22-13-15-29(16-14-22)17-20-31-25-10-7-23(8-11-25)21-27-26-6-3-2-5-24(26)9-12-28(27)32-19-4-18-30/h2-3,5-12,22,30H,4,13-21H2,1H3. The fourth-order valence-corrected chi connectivity index (χ4v) is 4.37. The summed E-state index contributed by atoms with van der Waals surface area (Å²) < 4.78 is 12.0. The van der Waals surface area contributed by atoms with Gasteiger partial charge >= 0.3 is 0 Å². The van der Waals surface area contributed by atoms with Crippen molar-refractivity contribution in [3.05, 3.63) is 71.8 Å². The van der Waals surface area contributed by atoms with Crippen LogP contribution >= 0.6 is 0 Å². The molecule has 4 heteroatoms. The number of hydrogen-bond donors (Lipinski definition) is 1. The van der Waals surface area contributed by atoms with Crippen molar-refractivity contribution in [1.82, 2.24) is 4.90 Å². The molecule has 1 fully saturated rings. The molecule has 3 aromatic carbocycles. The van der Waals surface area contributed by atoms with E-state index >= 15 is 0 Å². The van der Waals surface area contributed by atoms with Crippen LogP contribution in [0.4, 0.5) is 0 Å². The molecule has 0 aliphatic carbocycles. The maximum absolute atomic E-state index is 9.10. The second-order valence-electron chi connectivity index (χ2n) is 8.88. The number of ether oxygens (including phenoxy) is 2. The zero-order chi connectivity index (χ0) is 22.2. The quantitative estimate of drug-likeness (QED) is 0.441. The highest BCUT2D eigenvalue weighted by molar-refractivity contribution is 5.88. The van der Waals surface area contributed by atoms with Crippen LogP contribution in [0.15, 0.2) is 60.7 Å². The number of aliphatic hydroxyl groups is 1. The van der Waals surface area contributed by atoms with Gasteiger partial charge in [0.2, 0.25) is 0 Å². The van der Waals surface area contributed by atoms with Gasteiger partial charge in [-0.1, -0.05) is 49.4 Å². The lowest BCUT2D eigenvalue weighted by molar-refractivity contribution is 0.160. The average Bonchev–Trinajstić information content (AvgIpc) is 2.83. The smallest absolute Gasteiger partial charge is 0.123 e. The highest BCUT2D eigenvalue weighted by Crippen LogP contribution is 2.31. The van der Waals surface area contributed by atoms with Crippen LogP contribution in [0.25, 0.3) is 10.8 Å². The van der Waals surface area contributed by atoms with Crippen molar-refractivity contribution in [2.75, 3.05) is 39.5 Å². The average molecular weight is 434 g/mol. The third kappa shape index (κ3) is 6.02. The first-order valence-corrected chi connectivity index (χ1v) is 11.9. The second-order valence-corrected chi connectivity index (χ2v) is 8.88. The van der Waals surface area contributed by atoms with E-state index in [9.17, 15) is 0 Å². The molecule has 0 atom stereocenters. The summed E-state index contributed by atoms with van der Waals surface area (Å²) in [5.41, 5.74) is 2.42. The van der Waals surface area contributed by atoms with E-state index in [1.807, 2.05) is 6.07 Å². The molecule has 32 heavy (non-hydrogen) atoms. The molecule has 4 nitrogen and oxygen atoms in total. The van der Waals surface area contributed by atoms with Gasteiger partial charge in [0.1, 0.15) is 18.1 Å². The molecule has 1 saturated heterocycles. The maximum atomic E-state index is 9.10. The van der Waals surface area contributed by atoms with Gasteiger partial charge in [0.15, 0.2) is 0 Å². The fraction of sp³-hybridized carbons (Fsp3) is 0.429. The molecule has 0 unspecified atom stereocenters. The Morgan fingerprint density at radius 1 is 0.906 bits per heavy atom. The van der Waals surface area contributed by atoms with Gasteiger partial charge in [-0.05, 0) is 66.4 Å². The molecule has 1 aliphatic heterocycles. The van der Waals surface area contributed by atoms with Crippen molar-refractivity contribution in [3.8, 4) is 11.5 Å². The van der Waals surface area contributed by atoms with Crippen LogP contribution < -0.4 is 9.47 Å². The minimum atomic E-state index is 0.140. The fourth-order valence-electron chi connectivity index (χ4n) is 4.37. The molecule has 0 spiro atoms. The van der Waals surface area contributed by atoms with Gasteiger partial charge in [0.25, 0.3) is 0 Å². The van der Waals surface area contributed by atoms with Crippen molar-refractivity contribution >= 4 is 10.8 Å². The molecule has 170 valence electrons. The predicted molar refractivity (Wildman–Crippen MR) is 131 cm³/mol. The van der Waals surface area contributed by atoms with E-state index in [-0.39, 0.29) is 6.61 Å². The van der Waals surface area contributed by atoms with E-state index < -0.39 is 0 Å². The predicted octanol–water partition coefficient (Wildman–Crippen LogP) is 5.30. The third-order valence-corrected chi connectivity index (χ3v) is 6.41. The summed E-state index contributed by atoms with van der Waals surface area (Å²) in [5, 5.41) is 11.5. The first-order valence-electron chi connectivity index (χ1n) is 11.9. The van der Waals surface area contributed by atoms with E-state index in [2.05, 4.69) is 66.4 Å². The van der Waals surface area contributed by atoms with Gasteiger partial charge in [0.05, 0.1) is 6.61 Å². The molecule has 0 amide bonds.